The lowest BCUT2D eigenvalue weighted by atomic mass is 9.83. The maximum Gasteiger partial charge on any atom is 0.242 e. The van der Waals surface area contributed by atoms with Crippen LogP contribution in [0.2, 0.25) is 0 Å². The first-order valence-electron chi connectivity index (χ1n) is 5.68. The lowest BCUT2D eigenvalue weighted by Gasteiger charge is -2.25. The number of rotatable bonds is 5. The number of aromatic nitrogens is 1. The normalized spacial score (nSPS) is 16.8. The van der Waals surface area contributed by atoms with Crippen molar-refractivity contribution in [1.29, 1.82) is 0 Å². The molecule has 0 saturated heterocycles. The molecule has 0 bridgehead atoms. The number of nitrogens with one attached hydrogen (secondary N) is 1. The Morgan fingerprint density at radius 2 is 2.18 bits per heavy atom. The van der Waals surface area contributed by atoms with Gasteiger partial charge in [0.15, 0.2) is 0 Å². The predicted octanol–water partition coefficient (Wildman–Crippen LogP) is 2.31. The number of pyridine rings is 1. The fourth-order valence-electron chi connectivity index (χ4n) is 1.80. The van der Waals surface area contributed by atoms with Crippen LogP contribution in [-0.4, -0.2) is 19.9 Å². The summed E-state index contributed by atoms with van der Waals surface area (Å²) in [6, 6.07) is 1.55. The number of halogens is 1. The Labute approximate surface area is 110 Å². The van der Waals surface area contributed by atoms with Gasteiger partial charge in [0.05, 0.1) is 0 Å². The topological polar surface area (TPSA) is 59.1 Å². The van der Waals surface area contributed by atoms with E-state index in [1.807, 2.05) is 0 Å². The summed E-state index contributed by atoms with van der Waals surface area (Å²) in [5.41, 5.74) is 0. The molecule has 17 heavy (non-hydrogen) atoms. The van der Waals surface area contributed by atoms with Gasteiger partial charge in [-0.15, -0.1) is 0 Å². The van der Waals surface area contributed by atoms with Crippen LogP contribution < -0.4 is 4.72 Å². The molecule has 2 rings (SSSR count). The molecule has 1 N–H and O–H groups in total. The zero-order chi connectivity index (χ0) is 12.3. The van der Waals surface area contributed by atoms with Gasteiger partial charge in [-0.1, -0.05) is 19.3 Å². The van der Waals surface area contributed by atoms with Crippen molar-refractivity contribution >= 4 is 26.0 Å². The summed E-state index contributed by atoms with van der Waals surface area (Å²) in [4.78, 5) is 4.06. The summed E-state index contributed by atoms with van der Waals surface area (Å²) in [6.07, 6.45) is 7.61. The van der Waals surface area contributed by atoms with E-state index in [1.54, 1.807) is 12.3 Å². The Hall–Kier alpha value is -0.460. The van der Waals surface area contributed by atoms with Crippen molar-refractivity contribution < 1.29 is 8.42 Å². The Morgan fingerprint density at radius 1 is 1.41 bits per heavy atom. The van der Waals surface area contributed by atoms with Gasteiger partial charge in [-0.05, 0) is 34.3 Å². The van der Waals surface area contributed by atoms with E-state index in [4.69, 9.17) is 0 Å². The number of hydrogen-bond donors (Lipinski definition) is 1. The van der Waals surface area contributed by atoms with E-state index in [-0.39, 0.29) is 4.90 Å². The summed E-state index contributed by atoms with van der Waals surface area (Å²) >= 11 is 3.21. The van der Waals surface area contributed by atoms with Crippen LogP contribution in [0, 0.1) is 5.92 Å². The van der Waals surface area contributed by atoms with Gasteiger partial charge in [0.1, 0.15) is 4.90 Å². The monoisotopic (exact) mass is 318 g/mol. The quantitative estimate of drug-likeness (QED) is 0.906. The highest BCUT2D eigenvalue weighted by atomic mass is 79.9. The molecule has 4 nitrogen and oxygen atoms in total. The van der Waals surface area contributed by atoms with E-state index < -0.39 is 10.0 Å². The summed E-state index contributed by atoms with van der Waals surface area (Å²) in [5.74, 6) is 0.707. The van der Waals surface area contributed by atoms with Crippen molar-refractivity contribution in [3.8, 4) is 0 Å². The number of nitrogens with zero attached hydrogens (tertiary/aromatic N) is 1. The predicted molar refractivity (Wildman–Crippen MR) is 69.1 cm³/mol. The summed E-state index contributed by atoms with van der Waals surface area (Å²) in [7, 11) is -3.41. The van der Waals surface area contributed by atoms with Crippen LogP contribution in [-0.2, 0) is 10.0 Å². The molecular weight excluding hydrogens is 304 g/mol. The lowest BCUT2D eigenvalue weighted by Crippen LogP contribution is -2.27. The molecule has 1 aliphatic carbocycles. The second-order valence-electron chi connectivity index (χ2n) is 4.32. The molecule has 0 radical (unpaired) electrons. The first-order chi connectivity index (χ1) is 8.08. The van der Waals surface area contributed by atoms with Gasteiger partial charge in [0.2, 0.25) is 10.0 Å². The third-order valence-electron chi connectivity index (χ3n) is 3.06. The Bertz CT molecular complexity index is 486. The van der Waals surface area contributed by atoms with Gasteiger partial charge in [-0.25, -0.2) is 13.1 Å². The Kier molecular flexibility index (Phi) is 4.17. The van der Waals surface area contributed by atoms with Gasteiger partial charge in [0, 0.05) is 23.4 Å². The minimum atomic E-state index is -3.41. The minimum Gasteiger partial charge on any atom is -0.262 e. The molecule has 0 amide bonds. The Balaban J connectivity index is 1.93. The van der Waals surface area contributed by atoms with Crippen LogP contribution in [0.25, 0.3) is 0 Å². The molecule has 1 fully saturated rings. The maximum absolute atomic E-state index is 11.9. The molecule has 0 aliphatic heterocycles. The summed E-state index contributed by atoms with van der Waals surface area (Å²) in [6.45, 7) is 0.513. The van der Waals surface area contributed by atoms with E-state index in [1.165, 1.54) is 25.5 Å². The fraction of sp³-hybridized carbons (Fsp3) is 0.545. The summed E-state index contributed by atoms with van der Waals surface area (Å²) in [5, 5.41) is 0. The smallest absolute Gasteiger partial charge is 0.242 e. The molecule has 6 heteroatoms. The second kappa shape index (κ2) is 5.46. The highest BCUT2D eigenvalue weighted by Crippen LogP contribution is 2.28. The molecule has 0 atom stereocenters. The average Bonchev–Trinajstić information content (AvgIpc) is 2.22. The first-order valence-corrected chi connectivity index (χ1v) is 7.96. The number of sulfonamides is 1. The van der Waals surface area contributed by atoms with Crippen molar-refractivity contribution in [1.82, 2.24) is 9.71 Å². The van der Waals surface area contributed by atoms with Gasteiger partial charge in [-0.3, -0.25) is 4.98 Å². The zero-order valence-corrected chi connectivity index (χ0v) is 11.8. The third kappa shape index (κ3) is 3.50. The minimum absolute atomic E-state index is 0.209. The molecule has 1 aromatic rings. The van der Waals surface area contributed by atoms with Crippen molar-refractivity contribution in [3.05, 3.63) is 22.9 Å². The van der Waals surface area contributed by atoms with E-state index in [9.17, 15) is 8.42 Å². The largest absolute Gasteiger partial charge is 0.262 e. The SMILES string of the molecule is O=S(=O)(NCCC1CCC1)c1cncc(Br)c1. The second-order valence-corrected chi connectivity index (χ2v) is 7.00. The first kappa shape index (κ1) is 13.0. The van der Waals surface area contributed by atoms with Crippen LogP contribution >= 0.6 is 15.9 Å². The number of hydrogen-bond acceptors (Lipinski definition) is 3. The highest BCUT2D eigenvalue weighted by molar-refractivity contribution is 9.10. The van der Waals surface area contributed by atoms with Crippen LogP contribution in [0.1, 0.15) is 25.7 Å². The van der Waals surface area contributed by atoms with Gasteiger partial charge in [0.25, 0.3) is 0 Å². The van der Waals surface area contributed by atoms with E-state index in [2.05, 4.69) is 25.6 Å². The van der Waals surface area contributed by atoms with Gasteiger partial charge in [-0.2, -0.15) is 0 Å². The van der Waals surface area contributed by atoms with Crippen molar-refractivity contribution in [2.45, 2.75) is 30.6 Å². The fourth-order valence-corrected chi connectivity index (χ4v) is 3.35. The third-order valence-corrected chi connectivity index (χ3v) is 4.92. The highest BCUT2D eigenvalue weighted by Gasteiger charge is 2.19. The molecule has 0 aromatic carbocycles. The molecule has 1 aromatic heterocycles. The Morgan fingerprint density at radius 3 is 2.76 bits per heavy atom. The maximum atomic E-state index is 11.9. The van der Waals surface area contributed by atoms with Gasteiger partial charge >= 0.3 is 0 Å². The molecule has 0 unspecified atom stereocenters. The van der Waals surface area contributed by atoms with Crippen LogP contribution in [0.3, 0.4) is 0 Å². The lowest BCUT2D eigenvalue weighted by molar-refractivity contribution is 0.297. The molecule has 0 spiro atoms. The molecule has 1 heterocycles. The van der Waals surface area contributed by atoms with Crippen molar-refractivity contribution in [3.63, 3.8) is 0 Å². The molecule has 1 saturated carbocycles. The average molecular weight is 319 g/mol. The molecular formula is C11H15BrN2O2S. The summed E-state index contributed by atoms with van der Waals surface area (Å²) < 4.78 is 27.1. The van der Waals surface area contributed by atoms with Crippen molar-refractivity contribution in [2.75, 3.05) is 6.54 Å². The van der Waals surface area contributed by atoms with Gasteiger partial charge < -0.3 is 0 Å². The van der Waals surface area contributed by atoms with Crippen molar-refractivity contribution in [2.24, 2.45) is 5.92 Å². The zero-order valence-electron chi connectivity index (χ0n) is 9.39. The van der Waals surface area contributed by atoms with Crippen LogP contribution in [0.15, 0.2) is 27.8 Å². The van der Waals surface area contributed by atoms with E-state index in [0.29, 0.717) is 16.9 Å². The molecule has 94 valence electrons. The van der Waals surface area contributed by atoms with Crippen LogP contribution in [0.4, 0.5) is 0 Å². The standard InChI is InChI=1S/C11H15BrN2O2S/c12-10-6-11(8-13-7-10)17(15,16)14-5-4-9-2-1-3-9/h6-9,14H,1-5H2. The van der Waals surface area contributed by atoms with E-state index >= 15 is 0 Å². The van der Waals surface area contributed by atoms with Crippen LogP contribution in [0.5, 0.6) is 0 Å². The van der Waals surface area contributed by atoms with E-state index in [0.717, 1.165) is 6.42 Å². The molecule has 1 aliphatic rings.